The maximum atomic E-state index is 6.44. The van der Waals surface area contributed by atoms with E-state index in [1.807, 2.05) is 48.5 Å². The van der Waals surface area contributed by atoms with Crippen molar-refractivity contribution >= 4 is 71.3 Å². The van der Waals surface area contributed by atoms with Gasteiger partial charge >= 0.3 is 0 Å². The summed E-state index contributed by atoms with van der Waals surface area (Å²) in [5.41, 5.74) is 18.2. The molecule has 4 heterocycles. The molecule has 10 aromatic carbocycles. The van der Waals surface area contributed by atoms with E-state index >= 15 is 0 Å². The standard InChI is InChI=1S/C69H44N4O2/c1-5-17-43(18-6-1)47-30-34-60-57(37-47)58-38-48(44-19-7-2-8-20-44)31-35-61(58)73(60)66-55(45-21-9-3-10-22-45)40-51(41-56(66)46-23-11-4-12-24-46)69-71-67(49-32-36-64-59(39-49)53-26-14-16-28-63(53)74-64)70-68(72-69)50-29-33-54-52-25-13-15-27-62(52)75-65(54)42-50/h1-3,5-11,13-42H,4,12H2. The second-order valence-corrected chi connectivity index (χ2v) is 19.4. The number of allylic oxidation sites excluding steroid dienone is 4. The summed E-state index contributed by atoms with van der Waals surface area (Å²) in [5.74, 6) is 1.66. The molecule has 14 aromatic rings. The monoisotopic (exact) mass is 960 g/mol. The topological polar surface area (TPSA) is 69.9 Å². The molecule has 6 nitrogen and oxygen atoms in total. The van der Waals surface area contributed by atoms with Crippen LogP contribution in [0.4, 0.5) is 0 Å². The van der Waals surface area contributed by atoms with E-state index in [0.29, 0.717) is 17.5 Å². The van der Waals surface area contributed by atoms with E-state index in [1.165, 1.54) is 33.0 Å². The first-order valence-corrected chi connectivity index (χ1v) is 25.5. The SMILES string of the molecule is C1=CC(c2cc(-c3nc(-c4ccc5c(c4)oc4ccccc45)nc(-c4ccc5oc6ccccc6c5c4)n3)cc(-c3ccccc3)c2-n2c3ccc(-c4ccccc4)cc3c3cc(-c4ccccc4)ccc32)=CCC1. The fourth-order valence-corrected chi connectivity index (χ4v) is 11.3. The summed E-state index contributed by atoms with van der Waals surface area (Å²) in [4.78, 5) is 16.2. The molecule has 1 aliphatic rings. The zero-order valence-corrected chi connectivity index (χ0v) is 40.6. The van der Waals surface area contributed by atoms with Gasteiger partial charge in [-0.15, -0.1) is 0 Å². The molecular formula is C69H44N4O2. The number of hydrogen-bond acceptors (Lipinski definition) is 5. The van der Waals surface area contributed by atoms with Gasteiger partial charge in [0.25, 0.3) is 0 Å². The molecule has 0 bridgehead atoms. The normalized spacial score (nSPS) is 12.7. The van der Waals surface area contributed by atoms with Crippen molar-refractivity contribution in [3.8, 4) is 73.2 Å². The third-order valence-corrected chi connectivity index (χ3v) is 14.9. The highest BCUT2D eigenvalue weighted by Gasteiger charge is 2.25. The van der Waals surface area contributed by atoms with Gasteiger partial charge in [0, 0.05) is 60.1 Å². The van der Waals surface area contributed by atoms with E-state index in [4.69, 9.17) is 23.8 Å². The number of aromatic nitrogens is 4. The fraction of sp³-hybridized carbons (Fsp3) is 0.0290. The Balaban J connectivity index is 1.01. The van der Waals surface area contributed by atoms with Gasteiger partial charge in [-0.3, -0.25) is 0 Å². The Morgan fingerprint density at radius 3 is 1.43 bits per heavy atom. The minimum atomic E-state index is 0.545. The van der Waals surface area contributed by atoms with Crippen LogP contribution in [0, 0.1) is 0 Å². The number of hydrogen-bond donors (Lipinski definition) is 0. The van der Waals surface area contributed by atoms with Crippen molar-refractivity contribution < 1.29 is 8.83 Å². The van der Waals surface area contributed by atoms with Gasteiger partial charge in [0.2, 0.25) is 0 Å². The molecule has 0 unspecified atom stereocenters. The lowest BCUT2D eigenvalue weighted by Gasteiger charge is -2.22. The Kier molecular flexibility index (Phi) is 9.91. The molecule has 0 saturated carbocycles. The van der Waals surface area contributed by atoms with Crippen LogP contribution >= 0.6 is 0 Å². The van der Waals surface area contributed by atoms with Crippen LogP contribution < -0.4 is 0 Å². The Labute approximate surface area is 431 Å². The average Bonchev–Trinajstić information content (AvgIpc) is 4.16. The Bertz CT molecular complexity index is 4540. The highest BCUT2D eigenvalue weighted by atomic mass is 16.3. The molecule has 0 amide bonds. The average molecular weight is 961 g/mol. The van der Waals surface area contributed by atoms with Crippen LogP contribution in [0.15, 0.2) is 252 Å². The summed E-state index contributed by atoms with van der Waals surface area (Å²) >= 11 is 0. The lowest BCUT2D eigenvalue weighted by molar-refractivity contribution is 0.668. The molecule has 4 aromatic heterocycles. The molecule has 0 aliphatic heterocycles. The molecule has 6 heteroatoms. The third kappa shape index (κ3) is 7.29. The number of rotatable bonds is 8. The van der Waals surface area contributed by atoms with Gasteiger partial charge in [-0.05, 0) is 125 Å². The van der Waals surface area contributed by atoms with Gasteiger partial charge in [-0.1, -0.05) is 164 Å². The molecule has 1 aliphatic carbocycles. The van der Waals surface area contributed by atoms with Crippen molar-refractivity contribution in [2.24, 2.45) is 0 Å². The second kappa shape index (κ2) is 17.4. The molecular weight excluding hydrogens is 917 g/mol. The Hall–Kier alpha value is -9.91. The van der Waals surface area contributed by atoms with E-state index in [-0.39, 0.29) is 0 Å². The van der Waals surface area contributed by atoms with Crippen LogP contribution in [0.25, 0.3) is 144 Å². The van der Waals surface area contributed by atoms with E-state index in [1.54, 1.807) is 0 Å². The summed E-state index contributed by atoms with van der Waals surface area (Å²) in [6, 6.07) is 79.4. The Morgan fingerprint density at radius 1 is 0.320 bits per heavy atom. The van der Waals surface area contributed by atoms with Crippen molar-refractivity contribution in [2.45, 2.75) is 12.8 Å². The molecule has 0 atom stereocenters. The van der Waals surface area contributed by atoms with E-state index in [9.17, 15) is 0 Å². The summed E-state index contributed by atoms with van der Waals surface area (Å²) in [6.07, 6.45) is 8.87. The van der Waals surface area contributed by atoms with Gasteiger partial charge in [0.15, 0.2) is 17.5 Å². The largest absolute Gasteiger partial charge is 0.456 e. The molecule has 0 radical (unpaired) electrons. The zero-order chi connectivity index (χ0) is 49.4. The molecule has 0 fully saturated rings. The molecule has 0 N–H and O–H groups in total. The number of fused-ring (bicyclic) bond motifs is 9. The molecule has 15 rings (SSSR count). The highest BCUT2D eigenvalue weighted by Crippen LogP contribution is 2.45. The first-order chi connectivity index (χ1) is 37.1. The Morgan fingerprint density at radius 2 is 0.800 bits per heavy atom. The zero-order valence-electron chi connectivity index (χ0n) is 40.6. The van der Waals surface area contributed by atoms with Crippen molar-refractivity contribution in [3.63, 3.8) is 0 Å². The number of furan rings is 2. The minimum Gasteiger partial charge on any atom is -0.456 e. The summed E-state index contributed by atoms with van der Waals surface area (Å²) in [6.45, 7) is 0. The quantitative estimate of drug-likeness (QED) is 0.152. The van der Waals surface area contributed by atoms with Crippen LogP contribution in [0.1, 0.15) is 18.4 Å². The molecule has 0 saturated heterocycles. The first kappa shape index (κ1) is 42.7. The van der Waals surface area contributed by atoms with Crippen molar-refractivity contribution in [1.82, 2.24) is 19.5 Å². The van der Waals surface area contributed by atoms with Crippen LogP contribution in [-0.2, 0) is 0 Å². The van der Waals surface area contributed by atoms with Gasteiger partial charge in [0.1, 0.15) is 22.3 Å². The van der Waals surface area contributed by atoms with E-state index in [2.05, 4.69) is 199 Å². The smallest absolute Gasteiger partial charge is 0.164 e. The fourth-order valence-electron chi connectivity index (χ4n) is 11.3. The van der Waals surface area contributed by atoms with Crippen LogP contribution in [0.5, 0.6) is 0 Å². The predicted octanol–water partition coefficient (Wildman–Crippen LogP) is 18.5. The van der Waals surface area contributed by atoms with Crippen LogP contribution in [-0.4, -0.2) is 19.5 Å². The molecule has 352 valence electrons. The van der Waals surface area contributed by atoms with Crippen LogP contribution in [0.2, 0.25) is 0 Å². The van der Waals surface area contributed by atoms with Crippen LogP contribution in [0.3, 0.4) is 0 Å². The minimum absolute atomic E-state index is 0.545. The molecule has 0 spiro atoms. The van der Waals surface area contributed by atoms with Gasteiger partial charge < -0.3 is 13.4 Å². The van der Waals surface area contributed by atoms with Gasteiger partial charge in [0.05, 0.1) is 16.7 Å². The highest BCUT2D eigenvalue weighted by molar-refractivity contribution is 6.13. The van der Waals surface area contributed by atoms with Gasteiger partial charge in [-0.2, -0.15) is 0 Å². The number of nitrogens with zero attached hydrogens (tertiary/aromatic N) is 4. The second-order valence-electron chi connectivity index (χ2n) is 19.4. The van der Waals surface area contributed by atoms with E-state index in [0.717, 1.165) is 112 Å². The van der Waals surface area contributed by atoms with Crippen molar-refractivity contribution in [3.05, 3.63) is 248 Å². The maximum absolute atomic E-state index is 6.44. The maximum Gasteiger partial charge on any atom is 0.164 e. The summed E-state index contributed by atoms with van der Waals surface area (Å²) in [5, 5.41) is 6.52. The number of benzene rings is 10. The van der Waals surface area contributed by atoms with Crippen molar-refractivity contribution in [2.75, 3.05) is 0 Å². The first-order valence-electron chi connectivity index (χ1n) is 25.5. The summed E-state index contributed by atoms with van der Waals surface area (Å²) in [7, 11) is 0. The predicted molar refractivity (Wildman–Crippen MR) is 308 cm³/mol. The summed E-state index contributed by atoms with van der Waals surface area (Å²) < 4.78 is 15.2. The van der Waals surface area contributed by atoms with Crippen molar-refractivity contribution in [1.29, 1.82) is 0 Å². The third-order valence-electron chi connectivity index (χ3n) is 14.9. The molecule has 75 heavy (non-hydrogen) atoms. The van der Waals surface area contributed by atoms with E-state index < -0.39 is 0 Å². The number of para-hydroxylation sites is 2. The lowest BCUT2D eigenvalue weighted by atomic mass is 9.90. The lowest BCUT2D eigenvalue weighted by Crippen LogP contribution is -2.05. The van der Waals surface area contributed by atoms with Gasteiger partial charge in [-0.25, -0.2) is 15.0 Å².